The molecule has 0 aliphatic carbocycles. The molecular formula is C15H20N2O. The lowest BCUT2D eigenvalue weighted by Gasteiger charge is -2.15. The first-order chi connectivity index (χ1) is 8.74. The summed E-state index contributed by atoms with van der Waals surface area (Å²) >= 11 is 0. The number of methoxy groups -OCH3 is 1. The normalized spacial score (nSPS) is 12.4. The summed E-state index contributed by atoms with van der Waals surface area (Å²) in [5.74, 6) is 1.80. The van der Waals surface area contributed by atoms with Gasteiger partial charge in [0.1, 0.15) is 11.6 Å². The summed E-state index contributed by atoms with van der Waals surface area (Å²) < 4.78 is 5.27. The molecule has 2 aromatic rings. The lowest BCUT2D eigenvalue weighted by atomic mass is 10.1. The van der Waals surface area contributed by atoms with E-state index in [1.807, 2.05) is 24.4 Å². The third-order valence-electron chi connectivity index (χ3n) is 3.08. The molecule has 1 unspecified atom stereocenters. The third kappa shape index (κ3) is 2.73. The lowest BCUT2D eigenvalue weighted by molar-refractivity contribution is 0.415. The van der Waals surface area contributed by atoms with E-state index in [1.165, 1.54) is 11.8 Å². The molecule has 1 atom stereocenters. The summed E-state index contributed by atoms with van der Waals surface area (Å²) in [6.07, 6.45) is 4.15. The molecule has 1 heterocycles. The van der Waals surface area contributed by atoms with Gasteiger partial charge < -0.3 is 10.1 Å². The van der Waals surface area contributed by atoms with Gasteiger partial charge in [-0.1, -0.05) is 19.4 Å². The van der Waals surface area contributed by atoms with E-state index >= 15 is 0 Å². The number of hydrogen-bond acceptors (Lipinski definition) is 3. The summed E-state index contributed by atoms with van der Waals surface area (Å²) in [7, 11) is 1.68. The molecule has 0 bridgehead atoms. The van der Waals surface area contributed by atoms with Gasteiger partial charge in [0.05, 0.1) is 7.11 Å². The van der Waals surface area contributed by atoms with Crippen molar-refractivity contribution in [1.29, 1.82) is 0 Å². The van der Waals surface area contributed by atoms with Crippen LogP contribution in [0.25, 0.3) is 10.8 Å². The Hall–Kier alpha value is -1.77. The predicted molar refractivity (Wildman–Crippen MR) is 76.3 cm³/mol. The van der Waals surface area contributed by atoms with Crippen LogP contribution < -0.4 is 10.1 Å². The number of ether oxygens (including phenoxy) is 1. The second-order valence-corrected chi connectivity index (χ2v) is 4.58. The van der Waals surface area contributed by atoms with Crippen LogP contribution in [0.1, 0.15) is 26.7 Å². The van der Waals surface area contributed by atoms with Crippen LogP contribution in [0.5, 0.6) is 5.75 Å². The van der Waals surface area contributed by atoms with Crippen molar-refractivity contribution in [2.45, 2.75) is 32.7 Å². The van der Waals surface area contributed by atoms with E-state index in [9.17, 15) is 0 Å². The smallest absolute Gasteiger partial charge is 0.134 e. The van der Waals surface area contributed by atoms with Gasteiger partial charge in [-0.05, 0) is 36.9 Å². The molecule has 0 saturated carbocycles. The molecular weight excluding hydrogens is 224 g/mol. The first-order valence-electron chi connectivity index (χ1n) is 6.44. The van der Waals surface area contributed by atoms with Crippen molar-refractivity contribution in [2.24, 2.45) is 0 Å². The van der Waals surface area contributed by atoms with Gasteiger partial charge in [0.15, 0.2) is 0 Å². The van der Waals surface area contributed by atoms with Crippen molar-refractivity contribution in [2.75, 3.05) is 12.4 Å². The Morgan fingerprint density at radius 2 is 2.17 bits per heavy atom. The number of nitrogens with zero attached hydrogens (tertiary/aromatic N) is 1. The number of aromatic nitrogens is 1. The standard InChI is InChI=1S/C15H20N2O/c1-4-5-11(2)17-15-14-10-13(18-3)7-6-12(14)8-9-16-15/h6-11H,4-5H2,1-3H3,(H,16,17). The minimum Gasteiger partial charge on any atom is -0.497 e. The van der Waals surface area contributed by atoms with E-state index in [-0.39, 0.29) is 0 Å². The van der Waals surface area contributed by atoms with Gasteiger partial charge in [-0.15, -0.1) is 0 Å². The van der Waals surface area contributed by atoms with Crippen LogP contribution in [0.3, 0.4) is 0 Å². The zero-order valence-electron chi connectivity index (χ0n) is 11.2. The lowest BCUT2D eigenvalue weighted by Crippen LogP contribution is -2.15. The maximum absolute atomic E-state index is 5.27. The van der Waals surface area contributed by atoms with Gasteiger partial charge in [-0.2, -0.15) is 0 Å². The highest BCUT2D eigenvalue weighted by atomic mass is 16.5. The molecule has 0 spiro atoms. The molecule has 0 fully saturated rings. The van der Waals surface area contributed by atoms with Gasteiger partial charge in [0.25, 0.3) is 0 Å². The van der Waals surface area contributed by atoms with Crippen LogP contribution in [-0.4, -0.2) is 18.1 Å². The Bertz CT molecular complexity index is 525. The molecule has 0 radical (unpaired) electrons. The average molecular weight is 244 g/mol. The van der Waals surface area contributed by atoms with Crippen LogP contribution in [0.15, 0.2) is 30.5 Å². The minimum absolute atomic E-state index is 0.430. The van der Waals surface area contributed by atoms with Crippen LogP contribution >= 0.6 is 0 Å². The number of rotatable bonds is 5. The van der Waals surface area contributed by atoms with Crippen molar-refractivity contribution >= 4 is 16.6 Å². The van der Waals surface area contributed by atoms with Gasteiger partial charge in [0.2, 0.25) is 0 Å². The third-order valence-corrected chi connectivity index (χ3v) is 3.08. The summed E-state index contributed by atoms with van der Waals surface area (Å²) in [4.78, 5) is 4.44. The average Bonchev–Trinajstić information content (AvgIpc) is 2.39. The van der Waals surface area contributed by atoms with Crippen LogP contribution in [0.4, 0.5) is 5.82 Å². The van der Waals surface area contributed by atoms with Crippen molar-refractivity contribution in [1.82, 2.24) is 4.98 Å². The van der Waals surface area contributed by atoms with Gasteiger partial charge in [-0.25, -0.2) is 4.98 Å². The monoisotopic (exact) mass is 244 g/mol. The number of benzene rings is 1. The topological polar surface area (TPSA) is 34.2 Å². The number of pyridine rings is 1. The first kappa shape index (κ1) is 12.7. The Morgan fingerprint density at radius 1 is 1.33 bits per heavy atom. The summed E-state index contributed by atoms with van der Waals surface area (Å²) in [6.45, 7) is 4.38. The highest BCUT2D eigenvalue weighted by Crippen LogP contribution is 2.26. The molecule has 0 aliphatic heterocycles. The Kier molecular flexibility index (Phi) is 4.03. The SMILES string of the molecule is CCCC(C)Nc1nccc2ccc(OC)cc12. The van der Waals surface area contributed by atoms with Crippen molar-refractivity contribution in [3.63, 3.8) is 0 Å². The molecule has 3 nitrogen and oxygen atoms in total. The Labute approximate surface area is 108 Å². The zero-order chi connectivity index (χ0) is 13.0. The molecule has 3 heteroatoms. The number of anilines is 1. The highest BCUT2D eigenvalue weighted by molar-refractivity contribution is 5.92. The Balaban J connectivity index is 2.36. The fourth-order valence-corrected chi connectivity index (χ4v) is 2.13. The molecule has 2 rings (SSSR count). The van der Waals surface area contributed by atoms with E-state index in [1.54, 1.807) is 7.11 Å². The summed E-state index contributed by atoms with van der Waals surface area (Å²) in [5, 5.41) is 5.76. The predicted octanol–water partition coefficient (Wildman–Crippen LogP) is 3.84. The maximum atomic E-state index is 5.27. The second kappa shape index (κ2) is 5.71. The van der Waals surface area contributed by atoms with Crippen molar-refractivity contribution < 1.29 is 4.74 Å². The fourth-order valence-electron chi connectivity index (χ4n) is 2.13. The van der Waals surface area contributed by atoms with Gasteiger partial charge in [0, 0.05) is 17.6 Å². The largest absolute Gasteiger partial charge is 0.497 e. The highest BCUT2D eigenvalue weighted by Gasteiger charge is 2.06. The molecule has 18 heavy (non-hydrogen) atoms. The summed E-state index contributed by atoms with van der Waals surface area (Å²) in [5.41, 5.74) is 0. The number of nitrogens with one attached hydrogen (secondary N) is 1. The van der Waals surface area contributed by atoms with Gasteiger partial charge >= 0.3 is 0 Å². The quantitative estimate of drug-likeness (QED) is 0.867. The molecule has 96 valence electrons. The molecule has 0 saturated heterocycles. The van der Waals surface area contributed by atoms with Crippen molar-refractivity contribution in [3.05, 3.63) is 30.5 Å². The second-order valence-electron chi connectivity index (χ2n) is 4.58. The van der Waals surface area contributed by atoms with E-state index in [0.29, 0.717) is 6.04 Å². The molecule has 0 aliphatic rings. The molecule has 1 aromatic carbocycles. The number of hydrogen-bond donors (Lipinski definition) is 1. The zero-order valence-corrected chi connectivity index (χ0v) is 11.2. The maximum Gasteiger partial charge on any atom is 0.134 e. The summed E-state index contributed by atoms with van der Waals surface area (Å²) in [6, 6.07) is 8.51. The minimum atomic E-state index is 0.430. The van der Waals surface area contributed by atoms with Crippen LogP contribution in [-0.2, 0) is 0 Å². The van der Waals surface area contributed by atoms with Gasteiger partial charge in [-0.3, -0.25) is 0 Å². The van der Waals surface area contributed by atoms with E-state index in [4.69, 9.17) is 4.74 Å². The molecule has 1 aromatic heterocycles. The first-order valence-corrected chi connectivity index (χ1v) is 6.44. The number of fused-ring (bicyclic) bond motifs is 1. The van der Waals surface area contributed by atoms with E-state index in [2.05, 4.69) is 30.2 Å². The molecule has 0 amide bonds. The van der Waals surface area contributed by atoms with Crippen molar-refractivity contribution in [3.8, 4) is 5.75 Å². The fraction of sp³-hybridized carbons (Fsp3) is 0.400. The van der Waals surface area contributed by atoms with E-state index in [0.717, 1.165) is 23.4 Å². The molecule has 1 N–H and O–H groups in total. The Morgan fingerprint density at radius 3 is 2.89 bits per heavy atom. The van der Waals surface area contributed by atoms with Crippen LogP contribution in [0, 0.1) is 0 Å². The van der Waals surface area contributed by atoms with E-state index < -0.39 is 0 Å². The van der Waals surface area contributed by atoms with Crippen LogP contribution in [0.2, 0.25) is 0 Å².